The van der Waals surface area contributed by atoms with E-state index in [9.17, 15) is 0 Å². The molecule has 0 saturated heterocycles. The molecule has 0 aliphatic heterocycles. The van der Waals surface area contributed by atoms with E-state index >= 15 is 0 Å². The van der Waals surface area contributed by atoms with Gasteiger partial charge in [0.25, 0.3) is 0 Å². The van der Waals surface area contributed by atoms with Crippen molar-refractivity contribution < 1.29 is 0 Å². The summed E-state index contributed by atoms with van der Waals surface area (Å²) in [6, 6.07) is 2.07. The summed E-state index contributed by atoms with van der Waals surface area (Å²) >= 11 is 0. The van der Waals surface area contributed by atoms with Gasteiger partial charge in [0.05, 0.1) is 0 Å². The standard InChI is InChI=1S/C13H20N2/c1-3-5-13(6-7-13)10-15-12-4-8-14-9-11(12)2/h4,8-9H,3,5-7,10H2,1-2H3,(H,14,15). The predicted molar refractivity (Wildman–Crippen MR) is 64.0 cm³/mol. The number of hydrogen-bond acceptors (Lipinski definition) is 2. The topological polar surface area (TPSA) is 24.9 Å². The van der Waals surface area contributed by atoms with E-state index in [0.717, 1.165) is 6.54 Å². The summed E-state index contributed by atoms with van der Waals surface area (Å²) in [5.41, 5.74) is 3.10. The van der Waals surface area contributed by atoms with Crippen LogP contribution in [0.3, 0.4) is 0 Å². The first-order valence-electron chi connectivity index (χ1n) is 5.90. The second-order valence-electron chi connectivity index (χ2n) is 4.79. The van der Waals surface area contributed by atoms with Crippen molar-refractivity contribution in [3.05, 3.63) is 24.0 Å². The van der Waals surface area contributed by atoms with Crippen LogP contribution in [0.1, 0.15) is 38.2 Å². The van der Waals surface area contributed by atoms with Crippen molar-refractivity contribution in [2.75, 3.05) is 11.9 Å². The van der Waals surface area contributed by atoms with E-state index in [-0.39, 0.29) is 0 Å². The van der Waals surface area contributed by atoms with Gasteiger partial charge >= 0.3 is 0 Å². The Morgan fingerprint density at radius 2 is 2.27 bits per heavy atom. The fourth-order valence-electron chi connectivity index (χ4n) is 2.18. The molecule has 1 aliphatic rings. The fraction of sp³-hybridized carbons (Fsp3) is 0.615. The molecule has 0 atom stereocenters. The number of nitrogens with one attached hydrogen (secondary N) is 1. The van der Waals surface area contributed by atoms with Crippen molar-refractivity contribution in [1.82, 2.24) is 4.98 Å². The van der Waals surface area contributed by atoms with Gasteiger partial charge in [-0.05, 0) is 43.2 Å². The van der Waals surface area contributed by atoms with Gasteiger partial charge in [0, 0.05) is 24.6 Å². The molecule has 0 aromatic carbocycles. The molecule has 0 unspecified atom stereocenters. The van der Waals surface area contributed by atoms with Crippen LogP contribution < -0.4 is 5.32 Å². The summed E-state index contributed by atoms with van der Waals surface area (Å²) in [4.78, 5) is 4.10. The van der Waals surface area contributed by atoms with E-state index in [1.54, 1.807) is 0 Å². The lowest BCUT2D eigenvalue weighted by Crippen LogP contribution is -2.15. The van der Waals surface area contributed by atoms with Crippen molar-refractivity contribution in [1.29, 1.82) is 0 Å². The monoisotopic (exact) mass is 204 g/mol. The van der Waals surface area contributed by atoms with Crippen LogP contribution in [0.2, 0.25) is 0 Å². The van der Waals surface area contributed by atoms with Gasteiger partial charge in [-0.2, -0.15) is 0 Å². The SMILES string of the molecule is CCCC1(CNc2ccncc2C)CC1. The zero-order chi connectivity index (χ0) is 10.7. The van der Waals surface area contributed by atoms with Crippen molar-refractivity contribution in [3.8, 4) is 0 Å². The molecule has 2 heteroatoms. The zero-order valence-electron chi connectivity index (χ0n) is 9.71. The summed E-state index contributed by atoms with van der Waals surface area (Å²) in [6.07, 6.45) is 9.24. The molecule has 1 saturated carbocycles. The molecule has 0 radical (unpaired) electrons. The van der Waals surface area contributed by atoms with E-state index in [1.807, 2.05) is 12.4 Å². The molecule has 0 bridgehead atoms. The highest BCUT2D eigenvalue weighted by atomic mass is 14.9. The third-order valence-electron chi connectivity index (χ3n) is 3.41. The first-order chi connectivity index (χ1) is 7.26. The van der Waals surface area contributed by atoms with E-state index in [0.29, 0.717) is 5.41 Å². The number of aryl methyl sites for hydroxylation is 1. The summed E-state index contributed by atoms with van der Waals surface area (Å²) in [6.45, 7) is 5.51. The van der Waals surface area contributed by atoms with Crippen LogP contribution in [0, 0.1) is 12.3 Å². The Balaban J connectivity index is 1.91. The normalized spacial score (nSPS) is 17.5. The minimum absolute atomic E-state index is 0.616. The first-order valence-corrected chi connectivity index (χ1v) is 5.90. The highest BCUT2D eigenvalue weighted by Gasteiger charge is 2.41. The molecule has 2 rings (SSSR count). The lowest BCUT2D eigenvalue weighted by atomic mass is 10.0. The molecular formula is C13H20N2. The van der Waals surface area contributed by atoms with Gasteiger partial charge in [-0.15, -0.1) is 0 Å². The van der Waals surface area contributed by atoms with Crippen molar-refractivity contribution in [2.24, 2.45) is 5.41 Å². The zero-order valence-corrected chi connectivity index (χ0v) is 9.71. The summed E-state index contributed by atoms with van der Waals surface area (Å²) < 4.78 is 0. The predicted octanol–water partition coefficient (Wildman–Crippen LogP) is 3.38. The summed E-state index contributed by atoms with van der Waals surface area (Å²) in [5.74, 6) is 0. The highest BCUT2D eigenvalue weighted by molar-refractivity contribution is 5.48. The Labute approximate surface area is 92.1 Å². The molecule has 0 spiro atoms. The first kappa shape index (κ1) is 10.5. The van der Waals surface area contributed by atoms with Crippen molar-refractivity contribution in [2.45, 2.75) is 39.5 Å². The van der Waals surface area contributed by atoms with E-state index in [1.165, 1.54) is 36.9 Å². The number of rotatable bonds is 5. The minimum atomic E-state index is 0.616. The summed E-state index contributed by atoms with van der Waals surface area (Å²) in [7, 11) is 0. The number of nitrogens with zero attached hydrogens (tertiary/aromatic N) is 1. The van der Waals surface area contributed by atoms with Crippen LogP contribution in [-0.2, 0) is 0 Å². The Kier molecular flexibility index (Phi) is 2.94. The molecule has 1 N–H and O–H groups in total. The van der Waals surface area contributed by atoms with Gasteiger partial charge in [-0.25, -0.2) is 0 Å². The maximum atomic E-state index is 4.10. The Bertz CT molecular complexity index is 329. The largest absolute Gasteiger partial charge is 0.384 e. The lowest BCUT2D eigenvalue weighted by Gasteiger charge is -2.16. The van der Waals surface area contributed by atoms with Gasteiger partial charge in [-0.1, -0.05) is 13.3 Å². The van der Waals surface area contributed by atoms with Gasteiger partial charge in [0.15, 0.2) is 0 Å². The maximum absolute atomic E-state index is 4.10. The second kappa shape index (κ2) is 4.21. The number of aromatic nitrogens is 1. The number of anilines is 1. The molecule has 2 nitrogen and oxygen atoms in total. The molecule has 15 heavy (non-hydrogen) atoms. The number of hydrogen-bond donors (Lipinski definition) is 1. The quantitative estimate of drug-likeness (QED) is 0.795. The second-order valence-corrected chi connectivity index (χ2v) is 4.79. The molecule has 0 amide bonds. The molecule has 1 fully saturated rings. The van der Waals surface area contributed by atoms with Crippen LogP contribution in [0.4, 0.5) is 5.69 Å². The molecule has 1 aromatic rings. The van der Waals surface area contributed by atoms with Gasteiger partial charge < -0.3 is 5.32 Å². The van der Waals surface area contributed by atoms with Crippen LogP contribution in [0.25, 0.3) is 0 Å². The Morgan fingerprint density at radius 1 is 1.47 bits per heavy atom. The third-order valence-corrected chi connectivity index (χ3v) is 3.41. The van der Waals surface area contributed by atoms with E-state index in [4.69, 9.17) is 0 Å². The fourth-order valence-corrected chi connectivity index (χ4v) is 2.18. The van der Waals surface area contributed by atoms with Crippen LogP contribution in [0.5, 0.6) is 0 Å². The maximum Gasteiger partial charge on any atom is 0.0400 e. The van der Waals surface area contributed by atoms with Crippen LogP contribution in [-0.4, -0.2) is 11.5 Å². The Morgan fingerprint density at radius 3 is 2.87 bits per heavy atom. The average Bonchev–Trinajstić information content (AvgIpc) is 2.98. The van der Waals surface area contributed by atoms with Crippen LogP contribution in [0.15, 0.2) is 18.5 Å². The molecular weight excluding hydrogens is 184 g/mol. The van der Waals surface area contributed by atoms with Crippen molar-refractivity contribution in [3.63, 3.8) is 0 Å². The van der Waals surface area contributed by atoms with Gasteiger partial charge in [-0.3, -0.25) is 4.98 Å². The van der Waals surface area contributed by atoms with E-state index in [2.05, 4.69) is 30.2 Å². The third kappa shape index (κ3) is 2.49. The number of pyridine rings is 1. The average molecular weight is 204 g/mol. The van der Waals surface area contributed by atoms with Crippen LogP contribution >= 0.6 is 0 Å². The molecule has 1 heterocycles. The minimum Gasteiger partial charge on any atom is -0.384 e. The van der Waals surface area contributed by atoms with Crippen molar-refractivity contribution >= 4 is 5.69 Å². The van der Waals surface area contributed by atoms with Gasteiger partial charge in [0.2, 0.25) is 0 Å². The summed E-state index contributed by atoms with van der Waals surface area (Å²) in [5, 5.41) is 3.56. The molecule has 1 aliphatic carbocycles. The molecule has 1 aromatic heterocycles. The molecule has 82 valence electrons. The smallest absolute Gasteiger partial charge is 0.0400 e. The van der Waals surface area contributed by atoms with Gasteiger partial charge in [0.1, 0.15) is 0 Å². The highest BCUT2D eigenvalue weighted by Crippen LogP contribution is 2.49. The van der Waals surface area contributed by atoms with E-state index < -0.39 is 0 Å². The lowest BCUT2D eigenvalue weighted by molar-refractivity contribution is 0.485. The Hall–Kier alpha value is -1.05.